The largest absolute Gasteiger partial charge is 0.494 e. The number of thiazole rings is 1. The molecule has 0 spiro atoms. The molecule has 27 heavy (non-hydrogen) atoms. The molecule has 0 fully saturated rings. The topological polar surface area (TPSA) is 55.6 Å². The Morgan fingerprint density at radius 3 is 2.85 bits per heavy atom. The third-order valence-corrected chi connectivity index (χ3v) is 6.47. The van der Waals surface area contributed by atoms with E-state index in [1.807, 2.05) is 49.4 Å². The fourth-order valence-electron chi connectivity index (χ4n) is 2.61. The number of carbonyl (C=O) groups is 1. The highest BCUT2D eigenvalue weighted by Crippen LogP contribution is 2.34. The van der Waals surface area contributed by atoms with Crippen LogP contribution in [0.25, 0.3) is 10.2 Å². The predicted molar refractivity (Wildman–Crippen MR) is 112 cm³/mol. The first kappa shape index (κ1) is 18.2. The lowest BCUT2D eigenvalue weighted by Gasteiger charge is -2.17. The fourth-order valence-corrected chi connectivity index (χ4v) is 4.94. The maximum absolute atomic E-state index is 13.1. The fraction of sp³-hybridized carbons (Fsp3) is 0.158. The van der Waals surface area contributed by atoms with Crippen molar-refractivity contribution in [2.24, 2.45) is 0 Å². The maximum atomic E-state index is 13.1. The Morgan fingerprint density at radius 1 is 1.26 bits per heavy atom. The van der Waals surface area contributed by atoms with Gasteiger partial charge in [0.2, 0.25) is 0 Å². The van der Waals surface area contributed by atoms with E-state index in [1.165, 1.54) is 22.7 Å². The molecule has 4 aromatic rings. The molecular weight excluding hydrogens is 448 g/mol. The summed E-state index contributed by atoms with van der Waals surface area (Å²) in [5, 5.41) is 0.629. The van der Waals surface area contributed by atoms with Crippen LogP contribution in [-0.4, -0.2) is 17.5 Å². The molecule has 5 nitrogen and oxygen atoms in total. The van der Waals surface area contributed by atoms with Crippen LogP contribution in [0.4, 0.5) is 5.13 Å². The van der Waals surface area contributed by atoms with Crippen LogP contribution in [0.3, 0.4) is 0 Å². The maximum Gasteiger partial charge on any atom is 0.270 e. The van der Waals surface area contributed by atoms with Gasteiger partial charge in [0.05, 0.1) is 38.3 Å². The van der Waals surface area contributed by atoms with Crippen LogP contribution < -0.4 is 9.64 Å². The highest BCUT2D eigenvalue weighted by Gasteiger charge is 2.24. The van der Waals surface area contributed by atoms with E-state index in [9.17, 15) is 4.79 Å². The van der Waals surface area contributed by atoms with Crippen LogP contribution in [0, 0.1) is 0 Å². The first-order valence-corrected chi connectivity index (χ1v) is 10.7. The second-order valence-electron chi connectivity index (χ2n) is 5.63. The number of ether oxygens (including phenoxy) is 1. The highest BCUT2D eigenvalue weighted by atomic mass is 79.9. The zero-order valence-corrected chi connectivity index (χ0v) is 17.6. The summed E-state index contributed by atoms with van der Waals surface area (Å²) in [5.74, 6) is 1.39. The average Bonchev–Trinajstić information content (AvgIpc) is 3.39. The number of rotatable bonds is 6. The third-order valence-electron chi connectivity index (χ3n) is 3.81. The second-order valence-corrected chi connectivity index (χ2v) is 9.11. The number of halogens is 1. The van der Waals surface area contributed by atoms with Crippen LogP contribution in [0.1, 0.15) is 22.4 Å². The van der Waals surface area contributed by atoms with Crippen molar-refractivity contribution >= 4 is 59.9 Å². The Balaban J connectivity index is 1.73. The molecule has 0 unspecified atom stereocenters. The minimum absolute atomic E-state index is 0.105. The molecule has 8 heteroatoms. The summed E-state index contributed by atoms with van der Waals surface area (Å²) in [5.41, 5.74) is 0.836. The summed E-state index contributed by atoms with van der Waals surface area (Å²) < 4.78 is 12.9. The molecular formula is C19H15BrN2O3S2. The van der Waals surface area contributed by atoms with Gasteiger partial charge < -0.3 is 9.15 Å². The highest BCUT2D eigenvalue weighted by molar-refractivity contribution is 9.11. The number of amides is 1. The molecule has 0 bridgehead atoms. The first-order valence-electron chi connectivity index (χ1n) is 8.27. The van der Waals surface area contributed by atoms with Crippen molar-refractivity contribution < 1.29 is 13.9 Å². The van der Waals surface area contributed by atoms with Gasteiger partial charge in [-0.1, -0.05) is 11.3 Å². The molecule has 1 aromatic carbocycles. The molecule has 4 rings (SSSR count). The third kappa shape index (κ3) is 3.92. The van der Waals surface area contributed by atoms with E-state index in [0.717, 1.165) is 19.8 Å². The number of benzene rings is 1. The standard InChI is InChI=1S/C19H15BrN2O3S2/c1-2-24-12-5-6-14-16(10-12)27-19(21-14)22(11-13-4-3-9-25-13)18(23)15-7-8-17(20)26-15/h3-10H,2,11H2,1H3. The molecule has 0 saturated carbocycles. The van der Waals surface area contributed by atoms with Gasteiger partial charge in [-0.2, -0.15) is 0 Å². The van der Waals surface area contributed by atoms with E-state index in [2.05, 4.69) is 20.9 Å². The number of furan rings is 1. The lowest BCUT2D eigenvalue weighted by molar-refractivity contribution is 0.0987. The quantitative estimate of drug-likeness (QED) is 0.354. The van der Waals surface area contributed by atoms with E-state index in [0.29, 0.717) is 28.9 Å². The van der Waals surface area contributed by atoms with Gasteiger partial charge in [0.1, 0.15) is 11.5 Å². The average molecular weight is 463 g/mol. The summed E-state index contributed by atoms with van der Waals surface area (Å²) >= 11 is 6.28. The minimum atomic E-state index is -0.105. The van der Waals surface area contributed by atoms with E-state index in [-0.39, 0.29) is 5.91 Å². The number of nitrogens with zero attached hydrogens (tertiary/aromatic N) is 2. The van der Waals surface area contributed by atoms with Gasteiger partial charge in [0.15, 0.2) is 5.13 Å². The van der Waals surface area contributed by atoms with E-state index in [1.54, 1.807) is 11.2 Å². The molecule has 0 radical (unpaired) electrons. The number of hydrogen-bond donors (Lipinski definition) is 0. The molecule has 0 N–H and O–H groups in total. The van der Waals surface area contributed by atoms with Gasteiger partial charge in [-0.15, -0.1) is 11.3 Å². The molecule has 0 saturated heterocycles. The minimum Gasteiger partial charge on any atom is -0.494 e. The molecule has 0 aliphatic rings. The van der Waals surface area contributed by atoms with E-state index in [4.69, 9.17) is 9.15 Å². The van der Waals surface area contributed by atoms with Crippen molar-refractivity contribution in [2.75, 3.05) is 11.5 Å². The number of aromatic nitrogens is 1. The summed E-state index contributed by atoms with van der Waals surface area (Å²) in [6, 6.07) is 13.1. The summed E-state index contributed by atoms with van der Waals surface area (Å²) in [4.78, 5) is 20.1. The van der Waals surface area contributed by atoms with Crippen molar-refractivity contribution in [2.45, 2.75) is 13.5 Å². The molecule has 138 valence electrons. The van der Waals surface area contributed by atoms with Crippen molar-refractivity contribution in [3.63, 3.8) is 0 Å². The molecule has 0 aliphatic heterocycles. The Morgan fingerprint density at radius 2 is 2.15 bits per heavy atom. The van der Waals surface area contributed by atoms with Crippen LogP contribution in [0.15, 0.2) is 56.9 Å². The van der Waals surface area contributed by atoms with Crippen LogP contribution in [-0.2, 0) is 6.54 Å². The first-order chi connectivity index (χ1) is 13.1. The van der Waals surface area contributed by atoms with Gasteiger partial charge in [0, 0.05) is 0 Å². The van der Waals surface area contributed by atoms with Crippen LogP contribution in [0.5, 0.6) is 5.75 Å². The summed E-state index contributed by atoms with van der Waals surface area (Å²) in [6.45, 7) is 2.87. The van der Waals surface area contributed by atoms with Gasteiger partial charge in [-0.3, -0.25) is 9.69 Å². The van der Waals surface area contributed by atoms with Crippen molar-refractivity contribution in [1.82, 2.24) is 4.98 Å². The molecule has 0 aliphatic carbocycles. The zero-order chi connectivity index (χ0) is 18.8. The zero-order valence-electron chi connectivity index (χ0n) is 14.3. The normalized spacial score (nSPS) is 11.0. The van der Waals surface area contributed by atoms with Crippen molar-refractivity contribution in [3.8, 4) is 5.75 Å². The molecule has 1 amide bonds. The number of anilines is 1. The predicted octanol–water partition coefficient (Wildman–Crippen LogP) is 5.96. The van der Waals surface area contributed by atoms with Crippen molar-refractivity contribution in [3.05, 3.63) is 63.2 Å². The molecule has 3 aromatic heterocycles. The Bertz CT molecular complexity index is 1070. The van der Waals surface area contributed by atoms with Crippen LogP contribution in [0.2, 0.25) is 0 Å². The van der Waals surface area contributed by atoms with E-state index < -0.39 is 0 Å². The lowest BCUT2D eigenvalue weighted by Crippen LogP contribution is -2.29. The van der Waals surface area contributed by atoms with Gasteiger partial charge >= 0.3 is 0 Å². The van der Waals surface area contributed by atoms with Crippen molar-refractivity contribution in [1.29, 1.82) is 0 Å². The van der Waals surface area contributed by atoms with Gasteiger partial charge in [-0.05, 0) is 65.3 Å². The Labute approximate surface area is 172 Å². The lowest BCUT2D eigenvalue weighted by atomic mass is 10.3. The second kappa shape index (κ2) is 7.84. The number of thiophene rings is 1. The Kier molecular flexibility index (Phi) is 5.29. The monoisotopic (exact) mass is 462 g/mol. The summed E-state index contributed by atoms with van der Waals surface area (Å²) in [7, 11) is 0. The van der Waals surface area contributed by atoms with Gasteiger partial charge in [-0.25, -0.2) is 4.98 Å². The SMILES string of the molecule is CCOc1ccc2nc(N(Cc3ccco3)C(=O)c3ccc(Br)s3)sc2c1. The number of hydrogen-bond acceptors (Lipinski definition) is 6. The number of fused-ring (bicyclic) bond motifs is 1. The molecule has 0 atom stereocenters. The summed E-state index contributed by atoms with van der Waals surface area (Å²) in [6.07, 6.45) is 1.60. The Hall–Kier alpha value is -2.16. The smallest absolute Gasteiger partial charge is 0.270 e. The van der Waals surface area contributed by atoms with E-state index >= 15 is 0 Å². The van der Waals surface area contributed by atoms with Gasteiger partial charge in [0.25, 0.3) is 5.91 Å². The molecule has 3 heterocycles. The van der Waals surface area contributed by atoms with Crippen LogP contribution >= 0.6 is 38.6 Å². The number of carbonyl (C=O) groups excluding carboxylic acids is 1.